The van der Waals surface area contributed by atoms with Crippen LogP contribution in [0, 0.1) is 5.82 Å². The summed E-state index contributed by atoms with van der Waals surface area (Å²) in [6.07, 6.45) is -17.2. The molecule has 2 amide bonds. The van der Waals surface area contributed by atoms with E-state index in [0.29, 0.717) is 12.1 Å². The molecular weight excluding hydrogens is 583 g/mol. The van der Waals surface area contributed by atoms with E-state index in [1.165, 1.54) is 16.9 Å². The molecule has 0 saturated heterocycles. The summed E-state index contributed by atoms with van der Waals surface area (Å²) in [5.74, 6) is -6.63. The molecule has 1 heterocycles. The van der Waals surface area contributed by atoms with Crippen molar-refractivity contribution in [2.75, 3.05) is 5.32 Å². The number of halogens is 9. The third kappa shape index (κ3) is 8.61. The number of hydrogen-bond acceptors (Lipinski definition) is 5. The van der Waals surface area contributed by atoms with Crippen LogP contribution < -0.4 is 15.8 Å². The van der Waals surface area contributed by atoms with Crippen LogP contribution in [-0.4, -0.2) is 51.1 Å². The van der Waals surface area contributed by atoms with Crippen LogP contribution in [0.5, 0.6) is 5.75 Å². The topological polar surface area (TPSA) is 137 Å². The zero-order chi connectivity index (χ0) is 31.3. The van der Waals surface area contributed by atoms with Gasteiger partial charge >= 0.3 is 18.3 Å². The lowest BCUT2D eigenvalue weighted by Gasteiger charge is -2.24. The van der Waals surface area contributed by atoms with Crippen molar-refractivity contribution in [3.8, 4) is 5.75 Å². The smallest absolute Gasteiger partial charge is 0.439 e. The van der Waals surface area contributed by atoms with Gasteiger partial charge in [-0.1, -0.05) is 0 Å². The molecule has 0 radical (unpaired) electrons. The minimum atomic E-state index is -6.01. The summed E-state index contributed by atoms with van der Waals surface area (Å²) in [5.41, 5.74) is 2.52. The Morgan fingerprint density at radius 3 is 2.10 bits per heavy atom. The quantitative estimate of drug-likeness (QED) is 0.308. The number of aryl methyl sites for hydroxylation is 1. The number of carboxylic acid groups (broad SMARTS) is 1. The minimum Gasteiger partial charge on any atom is -0.478 e. The lowest BCUT2D eigenvalue weighted by Crippen LogP contribution is -2.45. The number of nitrogens with one attached hydrogen (secondary N) is 1. The molecule has 2 aromatic carbocycles. The number of nitrogens with two attached hydrogens (primary N) is 1. The minimum absolute atomic E-state index is 0.162. The maximum absolute atomic E-state index is 13.6. The van der Waals surface area contributed by atoms with Gasteiger partial charge in [0.15, 0.2) is 5.75 Å². The number of benzene rings is 2. The van der Waals surface area contributed by atoms with Gasteiger partial charge in [0, 0.05) is 19.3 Å². The Kier molecular flexibility index (Phi) is 9.97. The van der Waals surface area contributed by atoms with Crippen molar-refractivity contribution in [2.24, 2.45) is 12.8 Å². The summed E-state index contributed by atoms with van der Waals surface area (Å²) >= 11 is 0. The van der Waals surface area contributed by atoms with Crippen molar-refractivity contribution in [1.29, 1.82) is 0 Å². The fourth-order valence-corrected chi connectivity index (χ4v) is 2.89. The van der Waals surface area contributed by atoms with Gasteiger partial charge in [0.1, 0.15) is 11.5 Å². The Hall–Kier alpha value is -4.77. The summed E-state index contributed by atoms with van der Waals surface area (Å²) in [5, 5.41) is 14.3. The summed E-state index contributed by atoms with van der Waals surface area (Å²) in [6.45, 7) is 0. The van der Waals surface area contributed by atoms with Crippen molar-refractivity contribution in [3.63, 3.8) is 0 Å². The second-order valence-corrected chi connectivity index (χ2v) is 7.81. The first-order chi connectivity index (χ1) is 18.8. The summed E-state index contributed by atoms with van der Waals surface area (Å²) < 4.78 is 119. The highest BCUT2D eigenvalue weighted by atomic mass is 19.4. The lowest BCUT2D eigenvalue weighted by atomic mass is 10.0. The van der Waals surface area contributed by atoms with Crippen LogP contribution in [0.15, 0.2) is 48.7 Å². The van der Waals surface area contributed by atoms with Crippen LogP contribution >= 0.6 is 0 Å². The number of nitrogens with zero attached hydrogens (tertiary/aromatic N) is 2. The molecule has 1 unspecified atom stereocenters. The number of carbonyl (C=O) groups is 3. The number of aromatic carboxylic acids is 1. The number of alkyl halides is 8. The number of primary amides is 1. The molecule has 0 aliphatic carbocycles. The Morgan fingerprint density at radius 2 is 1.63 bits per heavy atom. The molecule has 1 atom stereocenters. The van der Waals surface area contributed by atoms with Crippen LogP contribution in [0.4, 0.5) is 45.2 Å². The first kappa shape index (κ1) is 32.4. The lowest BCUT2D eigenvalue weighted by molar-refractivity contribution is -0.304. The third-order valence-corrected chi connectivity index (χ3v) is 4.75. The van der Waals surface area contributed by atoms with E-state index in [1.807, 2.05) is 5.32 Å². The van der Waals surface area contributed by atoms with E-state index in [-0.39, 0.29) is 11.8 Å². The van der Waals surface area contributed by atoms with Crippen molar-refractivity contribution < 1.29 is 63.7 Å². The van der Waals surface area contributed by atoms with Crippen LogP contribution in [0.1, 0.15) is 43.2 Å². The Labute approximate surface area is 223 Å². The number of amides is 2. The van der Waals surface area contributed by atoms with Crippen molar-refractivity contribution in [3.05, 3.63) is 76.9 Å². The largest absolute Gasteiger partial charge is 0.478 e. The van der Waals surface area contributed by atoms with E-state index in [1.54, 1.807) is 7.05 Å². The molecule has 0 fully saturated rings. The number of anilines is 1. The third-order valence-electron chi connectivity index (χ3n) is 4.75. The molecule has 0 bridgehead atoms. The Bertz CT molecular complexity index is 1430. The average Bonchev–Trinajstić information content (AvgIpc) is 3.31. The average molecular weight is 600 g/mol. The van der Waals surface area contributed by atoms with E-state index >= 15 is 0 Å². The van der Waals surface area contributed by atoms with Crippen LogP contribution in [0.25, 0.3) is 0 Å². The molecule has 3 aromatic rings. The SMILES string of the molecule is Cn1ccc(C(F)F)n1.NC(=O)c1cc(C(=O)O)ccc1C(=O)Nc1ccc(F)cc1OC(F)(F)C(F)C(F)(F)F. The molecule has 0 saturated carbocycles. The fourth-order valence-electron chi connectivity index (χ4n) is 2.89. The second-order valence-electron chi connectivity index (χ2n) is 7.81. The first-order valence-corrected chi connectivity index (χ1v) is 10.7. The van der Waals surface area contributed by atoms with E-state index in [9.17, 15) is 53.9 Å². The molecule has 0 aliphatic rings. The Morgan fingerprint density at radius 1 is 1.00 bits per heavy atom. The Balaban J connectivity index is 0.000000553. The van der Waals surface area contributed by atoms with Gasteiger partial charge in [0.2, 0.25) is 5.91 Å². The first-order valence-electron chi connectivity index (χ1n) is 10.7. The van der Waals surface area contributed by atoms with Gasteiger partial charge in [-0.3, -0.25) is 14.3 Å². The molecule has 4 N–H and O–H groups in total. The van der Waals surface area contributed by atoms with E-state index in [2.05, 4.69) is 9.84 Å². The van der Waals surface area contributed by atoms with Gasteiger partial charge in [-0.05, 0) is 36.4 Å². The maximum Gasteiger partial charge on any atom is 0.439 e. The second kappa shape index (κ2) is 12.6. The normalized spacial score (nSPS) is 12.3. The number of hydrogen-bond donors (Lipinski definition) is 3. The van der Waals surface area contributed by atoms with Gasteiger partial charge in [0.25, 0.3) is 18.5 Å². The van der Waals surface area contributed by atoms with E-state index < -0.39 is 76.6 Å². The molecule has 41 heavy (non-hydrogen) atoms. The molecule has 0 aliphatic heterocycles. The number of carboxylic acids is 1. The zero-order valence-electron chi connectivity index (χ0n) is 20.2. The number of carbonyl (C=O) groups excluding carboxylic acids is 2. The number of aromatic nitrogens is 2. The van der Waals surface area contributed by atoms with Gasteiger partial charge in [-0.15, -0.1) is 0 Å². The van der Waals surface area contributed by atoms with Crippen molar-refractivity contribution >= 4 is 23.5 Å². The molecule has 9 nitrogen and oxygen atoms in total. The van der Waals surface area contributed by atoms with Crippen LogP contribution in [0.3, 0.4) is 0 Å². The summed E-state index contributed by atoms with van der Waals surface area (Å²) in [6, 6.07) is 5.18. The molecule has 3 rings (SSSR count). The van der Waals surface area contributed by atoms with Crippen LogP contribution in [-0.2, 0) is 7.05 Å². The number of rotatable bonds is 8. The molecule has 0 spiro atoms. The van der Waals surface area contributed by atoms with E-state index in [4.69, 9.17) is 10.8 Å². The van der Waals surface area contributed by atoms with Crippen molar-refractivity contribution in [2.45, 2.75) is 24.9 Å². The highest BCUT2D eigenvalue weighted by Gasteiger charge is 2.59. The van der Waals surface area contributed by atoms with Gasteiger partial charge in [0.05, 0.1) is 22.4 Å². The molecular formula is C23H17F9N4O5. The molecule has 18 heteroatoms. The summed E-state index contributed by atoms with van der Waals surface area (Å²) in [4.78, 5) is 35.0. The van der Waals surface area contributed by atoms with Gasteiger partial charge < -0.3 is 20.9 Å². The molecule has 222 valence electrons. The predicted octanol–water partition coefficient (Wildman–Crippen LogP) is 5.10. The monoisotopic (exact) mass is 600 g/mol. The highest BCUT2D eigenvalue weighted by molar-refractivity contribution is 6.13. The molecule has 1 aromatic heterocycles. The van der Waals surface area contributed by atoms with Gasteiger partial charge in [-0.25, -0.2) is 22.4 Å². The predicted molar refractivity (Wildman–Crippen MR) is 121 cm³/mol. The zero-order valence-corrected chi connectivity index (χ0v) is 20.2. The highest BCUT2D eigenvalue weighted by Crippen LogP contribution is 2.39. The van der Waals surface area contributed by atoms with E-state index in [0.717, 1.165) is 18.2 Å². The number of ether oxygens (including phenoxy) is 1. The maximum atomic E-state index is 13.6. The summed E-state index contributed by atoms with van der Waals surface area (Å²) in [7, 11) is 1.60. The van der Waals surface area contributed by atoms with Crippen LogP contribution in [0.2, 0.25) is 0 Å². The van der Waals surface area contributed by atoms with Crippen molar-refractivity contribution in [1.82, 2.24) is 9.78 Å². The van der Waals surface area contributed by atoms with Gasteiger partial charge in [-0.2, -0.15) is 27.1 Å². The standard InChI is InChI=1S/C18H11F7N2O5.C5H6F2N2/c19-8-2-4-11(12(6-8)32-18(24,25)16(20)17(21,22)23)27-14(29)9-3-1-7(15(30)31)5-10(9)13(26)28;1-9-3-2-4(8-9)5(6)7/h1-6,16H,(H2,26,28)(H,27,29)(H,30,31);2-3,5H,1H3. The fraction of sp³-hybridized carbons (Fsp3) is 0.217.